The maximum Gasteiger partial charge on any atom is 0.264 e. The molecular weight excluding hydrogens is 545 g/mol. The number of aryl methyl sites for hydroxylation is 3. The first-order valence-electron chi connectivity index (χ1n) is 11.6. The summed E-state index contributed by atoms with van der Waals surface area (Å²) >= 11 is 12.2. The first-order valence-corrected chi connectivity index (χ1v) is 13.8. The van der Waals surface area contributed by atoms with Crippen molar-refractivity contribution in [2.45, 2.75) is 25.7 Å². The van der Waals surface area contributed by atoms with Gasteiger partial charge in [0.1, 0.15) is 18.1 Å². The number of amides is 1. The van der Waals surface area contributed by atoms with Crippen molar-refractivity contribution in [2.75, 3.05) is 10.8 Å². The molecule has 4 rings (SSSR count). The number of furan rings is 1. The molecule has 1 aromatic heterocycles. The van der Waals surface area contributed by atoms with Crippen molar-refractivity contribution in [3.05, 3.63) is 105 Å². The second-order valence-corrected chi connectivity index (χ2v) is 11.4. The lowest BCUT2D eigenvalue weighted by Gasteiger charge is -2.25. The van der Waals surface area contributed by atoms with E-state index in [0.29, 0.717) is 32.8 Å². The van der Waals surface area contributed by atoms with Gasteiger partial charge in [-0.05, 0) is 74.9 Å². The molecule has 0 fully saturated rings. The summed E-state index contributed by atoms with van der Waals surface area (Å²) in [5, 5.41) is 4.88. The fourth-order valence-electron chi connectivity index (χ4n) is 3.81. The zero-order valence-corrected chi connectivity index (χ0v) is 23.2. The smallest absolute Gasteiger partial charge is 0.264 e. The lowest BCUT2D eigenvalue weighted by Crippen LogP contribution is -2.40. The highest BCUT2D eigenvalue weighted by molar-refractivity contribution is 7.92. The van der Waals surface area contributed by atoms with E-state index < -0.39 is 22.5 Å². The normalized spacial score (nSPS) is 11.6. The average molecular weight is 570 g/mol. The fraction of sp³-hybridized carbons (Fsp3) is 0.143. The fourth-order valence-corrected chi connectivity index (χ4v) is 5.80. The van der Waals surface area contributed by atoms with E-state index in [2.05, 4.69) is 10.5 Å². The molecule has 0 saturated carbocycles. The summed E-state index contributed by atoms with van der Waals surface area (Å²) in [7, 11) is -4.03. The molecule has 0 saturated heterocycles. The summed E-state index contributed by atoms with van der Waals surface area (Å²) in [6.45, 7) is 5.12. The van der Waals surface area contributed by atoms with E-state index in [1.165, 1.54) is 18.3 Å². The molecule has 4 aromatic rings. The van der Waals surface area contributed by atoms with Gasteiger partial charge in [-0.1, -0.05) is 58.6 Å². The highest BCUT2D eigenvalue weighted by Gasteiger charge is 2.28. The molecule has 0 aliphatic carbocycles. The second-order valence-electron chi connectivity index (χ2n) is 8.73. The van der Waals surface area contributed by atoms with Crippen molar-refractivity contribution >= 4 is 51.0 Å². The van der Waals surface area contributed by atoms with Gasteiger partial charge in [0.25, 0.3) is 15.9 Å². The third-order valence-electron chi connectivity index (χ3n) is 5.72. The van der Waals surface area contributed by atoms with E-state index in [1.807, 2.05) is 19.9 Å². The standard InChI is InChI=1S/C28H25Cl2N3O4S/c1-18-4-9-23(10-5-18)38(35,36)33(26-12-6-19(2)14-20(26)3)17-28(34)32-31-16-22-8-13-27(37-22)24-11-7-21(29)15-25(24)30/h4-16H,17H2,1-3H3,(H,32,34)/b31-16-. The van der Waals surface area contributed by atoms with Crippen molar-refractivity contribution in [3.8, 4) is 11.3 Å². The van der Waals surface area contributed by atoms with Gasteiger partial charge in [-0.3, -0.25) is 9.10 Å². The predicted molar refractivity (Wildman–Crippen MR) is 152 cm³/mol. The van der Waals surface area contributed by atoms with Gasteiger partial charge >= 0.3 is 0 Å². The molecular formula is C28H25Cl2N3O4S. The number of anilines is 1. The molecule has 0 spiro atoms. The van der Waals surface area contributed by atoms with Crippen LogP contribution in [0.2, 0.25) is 10.0 Å². The Morgan fingerprint density at radius 3 is 2.34 bits per heavy atom. The molecule has 10 heteroatoms. The predicted octanol–water partition coefficient (Wildman–Crippen LogP) is 6.52. The summed E-state index contributed by atoms with van der Waals surface area (Å²) in [4.78, 5) is 12.9. The third kappa shape index (κ3) is 6.27. The van der Waals surface area contributed by atoms with Gasteiger partial charge in [-0.2, -0.15) is 5.10 Å². The Hall–Kier alpha value is -3.59. The lowest BCUT2D eigenvalue weighted by atomic mass is 10.1. The maximum atomic E-state index is 13.6. The van der Waals surface area contributed by atoms with Crippen LogP contribution in [0, 0.1) is 20.8 Å². The number of rotatable bonds is 8. The summed E-state index contributed by atoms with van der Waals surface area (Å²) < 4.78 is 34.0. The molecule has 0 bridgehead atoms. The Morgan fingerprint density at radius 2 is 1.66 bits per heavy atom. The van der Waals surface area contributed by atoms with Crippen molar-refractivity contribution in [1.82, 2.24) is 5.43 Å². The molecule has 1 N–H and O–H groups in total. The van der Waals surface area contributed by atoms with Crippen LogP contribution in [0.25, 0.3) is 11.3 Å². The number of nitrogens with zero attached hydrogens (tertiary/aromatic N) is 2. The molecule has 0 aliphatic heterocycles. The van der Waals surface area contributed by atoms with Crippen LogP contribution in [0.4, 0.5) is 5.69 Å². The number of sulfonamides is 1. The van der Waals surface area contributed by atoms with Crippen LogP contribution >= 0.6 is 23.2 Å². The van der Waals surface area contributed by atoms with E-state index in [0.717, 1.165) is 21.0 Å². The molecule has 7 nitrogen and oxygen atoms in total. The van der Waals surface area contributed by atoms with E-state index >= 15 is 0 Å². The van der Waals surface area contributed by atoms with Gasteiger partial charge in [0, 0.05) is 10.6 Å². The number of carbonyl (C=O) groups is 1. The number of carbonyl (C=O) groups excluding carboxylic acids is 1. The summed E-state index contributed by atoms with van der Waals surface area (Å²) in [6.07, 6.45) is 1.32. The minimum atomic E-state index is -4.03. The van der Waals surface area contributed by atoms with Gasteiger partial charge in [-0.25, -0.2) is 13.8 Å². The Kier molecular flexibility index (Phi) is 8.26. The summed E-state index contributed by atoms with van der Waals surface area (Å²) in [6, 6.07) is 20.3. The largest absolute Gasteiger partial charge is 0.455 e. The molecule has 3 aromatic carbocycles. The topological polar surface area (TPSA) is 92.0 Å². The molecule has 196 valence electrons. The van der Waals surface area contributed by atoms with Crippen molar-refractivity contribution in [3.63, 3.8) is 0 Å². The van der Waals surface area contributed by atoms with Gasteiger partial charge in [-0.15, -0.1) is 0 Å². The summed E-state index contributed by atoms with van der Waals surface area (Å²) in [5.74, 6) is 0.249. The van der Waals surface area contributed by atoms with E-state index in [9.17, 15) is 13.2 Å². The van der Waals surface area contributed by atoms with Gasteiger partial charge in [0.05, 0.1) is 21.8 Å². The number of nitrogens with one attached hydrogen (secondary N) is 1. The minimum absolute atomic E-state index is 0.0864. The SMILES string of the molecule is Cc1ccc(S(=O)(=O)N(CC(=O)N/N=C\c2ccc(-c3ccc(Cl)cc3Cl)o2)c2ccc(C)cc2C)cc1. The molecule has 1 amide bonds. The first kappa shape index (κ1) is 27.4. The van der Waals surface area contributed by atoms with Crippen molar-refractivity contribution < 1.29 is 17.6 Å². The quantitative estimate of drug-likeness (QED) is 0.193. The molecule has 0 atom stereocenters. The van der Waals surface area contributed by atoms with Gasteiger partial charge in [0.2, 0.25) is 0 Å². The highest BCUT2D eigenvalue weighted by Crippen LogP contribution is 2.31. The van der Waals surface area contributed by atoms with E-state index in [1.54, 1.807) is 61.5 Å². The van der Waals surface area contributed by atoms with Crippen LogP contribution in [0.1, 0.15) is 22.5 Å². The number of halogens is 2. The van der Waals surface area contributed by atoms with Crippen LogP contribution in [0.3, 0.4) is 0 Å². The Morgan fingerprint density at radius 1 is 0.947 bits per heavy atom. The monoisotopic (exact) mass is 569 g/mol. The Bertz CT molecular complexity index is 1610. The molecule has 38 heavy (non-hydrogen) atoms. The Labute approximate surface area is 231 Å². The van der Waals surface area contributed by atoms with E-state index in [4.69, 9.17) is 27.6 Å². The van der Waals surface area contributed by atoms with Crippen LogP contribution in [0.5, 0.6) is 0 Å². The number of hydrazone groups is 1. The van der Waals surface area contributed by atoms with E-state index in [-0.39, 0.29) is 4.90 Å². The summed E-state index contributed by atoms with van der Waals surface area (Å²) in [5.41, 5.74) is 6.07. The zero-order valence-electron chi connectivity index (χ0n) is 20.9. The first-order chi connectivity index (χ1) is 18.0. The second kappa shape index (κ2) is 11.4. The molecule has 0 unspecified atom stereocenters. The zero-order chi connectivity index (χ0) is 27.4. The van der Waals surface area contributed by atoms with Crippen LogP contribution < -0.4 is 9.73 Å². The molecule has 0 radical (unpaired) electrons. The molecule has 0 aliphatic rings. The van der Waals surface area contributed by atoms with Crippen LogP contribution in [-0.2, 0) is 14.8 Å². The molecule has 1 heterocycles. The van der Waals surface area contributed by atoms with Gasteiger partial charge in [0.15, 0.2) is 0 Å². The lowest BCUT2D eigenvalue weighted by molar-refractivity contribution is -0.119. The minimum Gasteiger partial charge on any atom is -0.455 e. The third-order valence-corrected chi connectivity index (χ3v) is 8.04. The van der Waals surface area contributed by atoms with Crippen molar-refractivity contribution in [2.24, 2.45) is 5.10 Å². The maximum absolute atomic E-state index is 13.6. The van der Waals surface area contributed by atoms with Crippen LogP contribution in [-0.4, -0.2) is 27.1 Å². The number of hydrogen-bond acceptors (Lipinski definition) is 5. The number of benzene rings is 3. The highest BCUT2D eigenvalue weighted by atomic mass is 35.5. The van der Waals surface area contributed by atoms with Crippen molar-refractivity contribution in [1.29, 1.82) is 0 Å². The number of hydrogen-bond donors (Lipinski definition) is 1. The average Bonchev–Trinajstić information content (AvgIpc) is 3.31. The van der Waals surface area contributed by atoms with Crippen LogP contribution in [0.15, 0.2) is 87.2 Å². The Balaban J connectivity index is 1.53. The van der Waals surface area contributed by atoms with Gasteiger partial charge < -0.3 is 4.42 Å².